The van der Waals surface area contributed by atoms with E-state index in [1.807, 2.05) is 6.07 Å². The molecule has 0 N–H and O–H groups in total. The fraction of sp³-hybridized carbons (Fsp3) is 0.571. The minimum atomic E-state index is 0.344. The first kappa shape index (κ1) is 11.8. The summed E-state index contributed by atoms with van der Waals surface area (Å²) in [5, 5.41) is 0. The largest absolute Gasteiger partial charge is 0.454 e. The molecule has 0 amide bonds. The Labute approximate surface area is 107 Å². The number of ether oxygens (including phenoxy) is 3. The lowest BCUT2D eigenvalue weighted by molar-refractivity contribution is 0.141. The van der Waals surface area contributed by atoms with Crippen molar-refractivity contribution in [3.05, 3.63) is 23.8 Å². The van der Waals surface area contributed by atoms with Gasteiger partial charge in [-0.15, -0.1) is 0 Å². The van der Waals surface area contributed by atoms with E-state index in [1.165, 1.54) is 18.4 Å². The van der Waals surface area contributed by atoms with Crippen LogP contribution in [-0.4, -0.2) is 38.5 Å². The smallest absolute Gasteiger partial charge is 0.231 e. The minimum absolute atomic E-state index is 0.344. The molecule has 1 unspecified atom stereocenters. The van der Waals surface area contributed by atoms with Crippen LogP contribution in [0.15, 0.2) is 18.2 Å². The van der Waals surface area contributed by atoms with E-state index in [2.05, 4.69) is 17.0 Å². The summed E-state index contributed by atoms with van der Waals surface area (Å²) in [6.07, 6.45) is 2.46. The lowest BCUT2D eigenvalue weighted by Gasteiger charge is -2.24. The van der Waals surface area contributed by atoms with Crippen LogP contribution >= 0.6 is 0 Å². The van der Waals surface area contributed by atoms with Crippen LogP contribution in [0.4, 0.5) is 0 Å². The Kier molecular flexibility index (Phi) is 3.39. The highest BCUT2D eigenvalue weighted by atomic mass is 16.7. The van der Waals surface area contributed by atoms with Crippen LogP contribution in [0.3, 0.4) is 0 Å². The van der Waals surface area contributed by atoms with Crippen molar-refractivity contribution >= 4 is 0 Å². The van der Waals surface area contributed by atoms with Gasteiger partial charge < -0.3 is 14.2 Å². The molecule has 0 radical (unpaired) electrons. The number of hydrogen-bond donors (Lipinski definition) is 0. The number of nitrogens with zero attached hydrogens (tertiary/aromatic N) is 1. The third-order valence-electron chi connectivity index (χ3n) is 3.73. The summed E-state index contributed by atoms with van der Waals surface area (Å²) in [6, 6.07) is 6.79. The average Bonchev–Trinajstić information content (AvgIpc) is 3.03. The molecule has 0 saturated carbocycles. The highest BCUT2D eigenvalue weighted by Crippen LogP contribution is 2.38. The Balaban J connectivity index is 1.76. The fourth-order valence-electron chi connectivity index (χ4n) is 2.80. The highest BCUT2D eigenvalue weighted by molar-refractivity contribution is 5.45. The molecule has 1 aromatic rings. The van der Waals surface area contributed by atoms with Gasteiger partial charge in [-0.05, 0) is 37.1 Å². The summed E-state index contributed by atoms with van der Waals surface area (Å²) in [4.78, 5) is 2.49. The van der Waals surface area contributed by atoms with Gasteiger partial charge in [-0.25, -0.2) is 0 Å². The zero-order valence-corrected chi connectivity index (χ0v) is 10.7. The standard InChI is InChI=1S/C14H19NO3/c1-16-8-7-15-6-2-3-12(15)11-4-5-13-14(9-11)18-10-17-13/h4-5,9,12H,2-3,6-8,10H2,1H3. The van der Waals surface area contributed by atoms with E-state index >= 15 is 0 Å². The van der Waals surface area contributed by atoms with Crippen molar-refractivity contribution in [2.75, 3.05) is 33.6 Å². The van der Waals surface area contributed by atoms with Crippen molar-refractivity contribution in [2.45, 2.75) is 18.9 Å². The summed E-state index contributed by atoms with van der Waals surface area (Å²) in [7, 11) is 1.76. The maximum absolute atomic E-state index is 5.45. The van der Waals surface area contributed by atoms with Crippen molar-refractivity contribution in [1.29, 1.82) is 0 Å². The molecule has 2 aliphatic rings. The molecule has 2 heterocycles. The second-order valence-electron chi connectivity index (χ2n) is 4.80. The highest BCUT2D eigenvalue weighted by Gasteiger charge is 2.27. The molecule has 0 aromatic heterocycles. The molecule has 98 valence electrons. The lowest BCUT2D eigenvalue weighted by Crippen LogP contribution is -2.26. The Hall–Kier alpha value is -1.26. The molecular weight excluding hydrogens is 230 g/mol. The van der Waals surface area contributed by atoms with Crippen LogP contribution in [0, 0.1) is 0 Å². The first-order valence-corrected chi connectivity index (χ1v) is 6.51. The van der Waals surface area contributed by atoms with E-state index < -0.39 is 0 Å². The van der Waals surface area contributed by atoms with Crippen LogP contribution in [-0.2, 0) is 4.74 Å². The van der Waals surface area contributed by atoms with Gasteiger partial charge in [0.15, 0.2) is 11.5 Å². The Morgan fingerprint density at radius 3 is 3.11 bits per heavy atom. The summed E-state index contributed by atoms with van der Waals surface area (Å²) in [5.74, 6) is 1.74. The SMILES string of the molecule is COCCN1CCCC1c1ccc2c(c1)OCO2. The monoisotopic (exact) mass is 249 g/mol. The molecule has 1 fully saturated rings. The van der Waals surface area contributed by atoms with Crippen molar-refractivity contribution in [3.8, 4) is 11.5 Å². The van der Waals surface area contributed by atoms with Crippen LogP contribution < -0.4 is 9.47 Å². The second-order valence-corrected chi connectivity index (χ2v) is 4.80. The predicted molar refractivity (Wildman–Crippen MR) is 68.0 cm³/mol. The third-order valence-corrected chi connectivity index (χ3v) is 3.73. The van der Waals surface area contributed by atoms with Gasteiger partial charge in [0.2, 0.25) is 6.79 Å². The van der Waals surface area contributed by atoms with Gasteiger partial charge in [0, 0.05) is 19.7 Å². The summed E-state index contributed by atoms with van der Waals surface area (Å²) in [6.45, 7) is 3.29. The van der Waals surface area contributed by atoms with Gasteiger partial charge in [-0.3, -0.25) is 4.90 Å². The summed E-state index contributed by atoms with van der Waals surface area (Å²) in [5.41, 5.74) is 1.33. The van der Waals surface area contributed by atoms with Gasteiger partial charge in [0.25, 0.3) is 0 Å². The summed E-state index contributed by atoms with van der Waals surface area (Å²) >= 11 is 0. The molecule has 0 spiro atoms. The van der Waals surface area contributed by atoms with E-state index in [0.717, 1.165) is 31.2 Å². The van der Waals surface area contributed by atoms with Crippen molar-refractivity contribution in [1.82, 2.24) is 4.90 Å². The molecule has 0 aliphatic carbocycles. The van der Waals surface area contributed by atoms with E-state index in [9.17, 15) is 0 Å². The normalized spacial score (nSPS) is 22.6. The molecular formula is C14H19NO3. The number of likely N-dealkylation sites (tertiary alicyclic amines) is 1. The zero-order chi connectivity index (χ0) is 12.4. The first-order valence-electron chi connectivity index (χ1n) is 6.51. The van der Waals surface area contributed by atoms with Crippen LogP contribution in [0.25, 0.3) is 0 Å². The van der Waals surface area contributed by atoms with E-state index in [0.29, 0.717) is 12.8 Å². The maximum Gasteiger partial charge on any atom is 0.231 e. The number of hydrogen-bond acceptors (Lipinski definition) is 4. The molecule has 0 bridgehead atoms. The van der Waals surface area contributed by atoms with Crippen molar-refractivity contribution in [3.63, 3.8) is 0 Å². The molecule has 18 heavy (non-hydrogen) atoms. The Morgan fingerprint density at radius 2 is 2.22 bits per heavy atom. The fourth-order valence-corrected chi connectivity index (χ4v) is 2.80. The topological polar surface area (TPSA) is 30.9 Å². The van der Waals surface area contributed by atoms with E-state index in [1.54, 1.807) is 7.11 Å². The molecule has 1 atom stereocenters. The Bertz CT molecular complexity index is 422. The zero-order valence-electron chi connectivity index (χ0n) is 10.7. The second kappa shape index (κ2) is 5.16. The van der Waals surface area contributed by atoms with Gasteiger partial charge in [-0.2, -0.15) is 0 Å². The minimum Gasteiger partial charge on any atom is -0.454 e. The van der Waals surface area contributed by atoms with Crippen molar-refractivity contribution in [2.24, 2.45) is 0 Å². The quantitative estimate of drug-likeness (QED) is 0.818. The van der Waals surface area contributed by atoms with E-state index in [-0.39, 0.29) is 0 Å². The van der Waals surface area contributed by atoms with Crippen LogP contribution in [0.1, 0.15) is 24.4 Å². The Morgan fingerprint density at radius 1 is 1.33 bits per heavy atom. The molecule has 3 rings (SSSR count). The molecule has 4 heteroatoms. The molecule has 1 aromatic carbocycles. The molecule has 1 saturated heterocycles. The molecule has 4 nitrogen and oxygen atoms in total. The van der Waals surface area contributed by atoms with Gasteiger partial charge in [-0.1, -0.05) is 6.07 Å². The third kappa shape index (κ3) is 2.18. The maximum atomic E-state index is 5.45. The number of methoxy groups -OCH3 is 1. The van der Waals surface area contributed by atoms with Crippen LogP contribution in [0.2, 0.25) is 0 Å². The predicted octanol–water partition coefficient (Wildman–Crippen LogP) is 2.20. The van der Waals surface area contributed by atoms with Gasteiger partial charge in [0.05, 0.1) is 6.61 Å². The van der Waals surface area contributed by atoms with E-state index in [4.69, 9.17) is 14.2 Å². The number of fused-ring (bicyclic) bond motifs is 1. The average molecular weight is 249 g/mol. The lowest BCUT2D eigenvalue weighted by atomic mass is 10.0. The number of benzene rings is 1. The summed E-state index contributed by atoms with van der Waals surface area (Å²) < 4.78 is 16.0. The molecule has 2 aliphatic heterocycles. The van der Waals surface area contributed by atoms with Gasteiger partial charge in [0.1, 0.15) is 0 Å². The van der Waals surface area contributed by atoms with Gasteiger partial charge >= 0.3 is 0 Å². The first-order chi connectivity index (χ1) is 8.88. The van der Waals surface area contributed by atoms with Crippen molar-refractivity contribution < 1.29 is 14.2 Å². The number of rotatable bonds is 4. The van der Waals surface area contributed by atoms with Crippen LogP contribution in [0.5, 0.6) is 11.5 Å².